The van der Waals surface area contributed by atoms with E-state index < -0.39 is 23.3 Å². The minimum atomic E-state index is -4.23. The first-order chi connectivity index (χ1) is 11.3. The van der Waals surface area contributed by atoms with Gasteiger partial charge in [0.15, 0.2) is 0 Å². The first kappa shape index (κ1) is 16.2. The molecule has 0 aliphatic carbocycles. The highest BCUT2D eigenvalue weighted by Gasteiger charge is 2.43. The Hall–Kier alpha value is -2.65. The van der Waals surface area contributed by atoms with Crippen LogP contribution >= 0.6 is 0 Å². The fourth-order valence-electron chi connectivity index (χ4n) is 2.74. The van der Waals surface area contributed by atoms with Crippen molar-refractivity contribution in [3.8, 4) is 11.3 Å². The van der Waals surface area contributed by atoms with Gasteiger partial charge in [0.2, 0.25) is 0 Å². The second kappa shape index (κ2) is 5.77. The molecule has 10 heteroatoms. The summed E-state index contributed by atoms with van der Waals surface area (Å²) in [5, 5.41) is 7.83. The molecule has 1 atom stereocenters. The molecule has 1 aliphatic heterocycles. The summed E-state index contributed by atoms with van der Waals surface area (Å²) in [7, 11) is 0. The van der Waals surface area contributed by atoms with Gasteiger partial charge in [-0.05, 0) is 19.4 Å². The van der Waals surface area contributed by atoms with Gasteiger partial charge >= 0.3 is 11.9 Å². The zero-order valence-corrected chi connectivity index (χ0v) is 12.6. The molecule has 7 nitrogen and oxygen atoms in total. The summed E-state index contributed by atoms with van der Waals surface area (Å²) in [6.45, 7) is 1.74. The van der Waals surface area contributed by atoms with Gasteiger partial charge in [-0.25, -0.2) is 4.79 Å². The van der Waals surface area contributed by atoms with Crippen LogP contribution in [0.1, 0.15) is 12.1 Å². The zero-order chi connectivity index (χ0) is 17.5. The molecule has 128 valence electrons. The number of anilines is 1. The molecule has 24 heavy (non-hydrogen) atoms. The van der Waals surface area contributed by atoms with Crippen molar-refractivity contribution in [1.82, 2.24) is 20.2 Å². The number of nitrogens with zero attached hydrogens (tertiary/aromatic N) is 3. The molecule has 0 spiro atoms. The SMILES string of the molecule is Cc1nnc(-c2c[nH]c(=O)[nH]c2=O)cc1N1CCC(C(F)(F)F)C1. The number of alkyl halides is 3. The van der Waals surface area contributed by atoms with Crippen LogP contribution in [0.15, 0.2) is 21.9 Å². The second-order valence-corrected chi connectivity index (χ2v) is 5.66. The van der Waals surface area contributed by atoms with Crippen LogP contribution in [0, 0.1) is 12.8 Å². The van der Waals surface area contributed by atoms with Gasteiger partial charge in [0, 0.05) is 19.3 Å². The molecule has 1 unspecified atom stereocenters. The van der Waals surface area contributed by atoms with Crippen molar-refractivity contribution in [2.24, 2.45) is 5.92 Å². The number of aromatic nitrogens is 4. The maximum atomic E-state index is 12.9. The molecule has 2 aromatic heterocycles. The van der Waals surface area contributed by atoms with Crippen LogP contribution < -0.4 is 16.1 Å². The number of hydrogen-bond acceptors (Lipinski definition) is 5. The number of halogens is 3. The predicted octanol–water partition coefficient (Wildman–Crippen LogP) is 1.22. The summed E-state index contributed by atoms with van der Waals surface area (Å²) in [4.78, 5) is 28.9. The van der Waals surface area contributed by atoms with E-state index in [2.05, 4.69) is 20.2 Å². The van der Waals surface area contributed by atoms with Gasteiger partial charge in [-0.15, -0.1) is 5.10 Å². The topological polar surface area (TPSA) is 94.7 Å². The zero-order valence-electron chi connectivity index (χ0n) is 12.6. The summed E-state index contributed by atoms with van der Waals surface area (Å²) in [6.07, 6.45) is -3.02. The number of hydrogen-bond donors (Lipinski definition) is 2. The van der Waals surface area contributed by atoms with Crippen molar-refractivity contribution < 1.29 is 13.2 Å². The van der Waals surface area contributed by atoms with Crippen LogP contribution in [0.2, 0.25) is 0 Å². The third kappa shape index (κ3) is 3.03. The average molecular weight is 341 g/mol. The molecule has 3 heterocycles. The van der Waals surface area contributed by atoms with Gasteiger partial charge in [0.05, 0.1) is 22.9 Å². The minimum absolute atomic E-state index is 0.0137. The summed E-state index contributed by atoms with van der Waals surface area (Å²) in [6, 6.07) is 1.52. The molecule has 0 radical (unpaired) electrons. The Balaban J connectivity index is 1.96. The number of aromatic amines is 2. The maximum absolute atomic E-state index is 12.9. The Labute approximate surface area is 133 Å². The third-order valence-corrected chi connectivity index (χ3v) is 4.04. The van der Waals surface area contributed by atoms with Gasteiger partial charge in [0.25, 0.3) is 5.56 Å². The van der Waals surface area contributed by atoms with E-state index in [-0.39, 0.29) is 30.8 Å². The molecule has 0 saturated carbocycles. The Bertz CT molecular complexity index is 874. The highest BCUT2D eigenvalue weighted by molar-refractivity contribution is 5.64. The molecule has 3 rings (SSSR count). The standard InChI is InChI=1S/C14H14F3N5O2/c1-7-11(22-3-2-8(6-22)14(15,16)17)4-10(21-20-7)9-5-18-13(24)19-12(9)23/h4-5,8H,2-3,6H2,1H3,(H2,18,19,23,24). The summed E-state index contributed by atoms with van der Waals surface area (Å²) in [5.74, 6) is -1.38. The smallest absolute Gasteiger partial charge is 0.369 e. The van der Waals surface area contributed by atoms with Gasteiger partial charge in [-0.2, -0.15) is 18.3 Å². The number of H-pyrrole nitrogens is 2. The monoisotopic (exact) mass is 341 g/mol. The van der Waals surface area contributed by atoms with Crippen LogP contribution in [-0.4, -0.2) is 39.4 Å². The quantitative estimate of drug-likeness (QED) is 0.856. The van der Waals surface area contributed by atoms with E-state index in [1.54, 1.807) is 11.8 Å². The first-order valence-corrected chi connectivity index (χ1v) is 7.24. The van der Waals surface area contributed by atoms with Crippen molar-refractivity contribution in [2.75, 3.05) is 18.0 Å². The van der Waals surface area contributed by atoms with E-state index in [9.17, 15) is 22.8 Å². The number of nitrogens with one attached hydrogen (secondary N) is 2. The molecular weight excluding hydrogens is 327 g/mol. The molecule has 1 aliphatic rings. The van der Waals surface area contributed by atoms with E-state index >= 15 is 0 Å². The first-order valence-electron chi connectivity index (χ1n) is 7.24. The second-order valence-electron chi connectivity index (χ2n) is 5.66. The van der Waals surface area contributed by atoms with E-state index in [0.29, 0.717) is 11.4 Å². The fourth-order valence-corrected chi connectivity index (χ4v) is 2.74. The predicted molar refractivity (Wildman–Crippen MR) is 79.8 cm³/mol. The Kier molecular flexibility index (Phi) is 3.90. The van der Waals surface area contributed by atoms with Crippen molar-refractivity contribution in [1.29, 1.82) is 0 Å². The summed E-state index contributed by atoms with van der Waals surface area (Å²) < 4.78 is 38.6. The Morgan fingerprint density at radius 3 is 2.67 bits per heavy atom. The van der Waals surface area contributed by atoms with Crippen molar-refractivity contribution in [3.63, 3.8) is 0 Å². The normalized spacial score (nSPS) is 18.2. The van der Waals surface area contributed by atoms with Crippen LogP contribution in [-0.2, 0) is 0 Å². The molecule has 2 N–H and O–H groups in total. The minimum Gasteiger partial charge on any atom is -0.369 e. The van der Waals surface area contributed by atoms with Gasteiger partial charge in [-0.1, -0.05) is 0 Å². The lowest BCUT2D eigenvalue weighted by atomic mass is 10.1. The highest BCUT2D eigenvalue weighted by Crippen LogP contribution is 2.36. The van der Waals surface area contributed by atoms with Gasteiger partial charge in [0.1, 0.15) is 5.69 Å². The van der Waals surface area contributed by atoms with E-state index in [4.69, 9.17) is 0 Å². The van der Waals surface area contributed by atoms with Crippen LogP contribution in [0.5, 0.6) is 0 Å². The molecule has 0 aromatic carbocycles. The maximum Gasteiger partial charge on any atom is 0.393 e. The van der Waals surface area contributed by atoms with Crippen molar-refractivity contribution in [3.05, 3.63) is 38.8 Å². The molecule has 1 saturated heterocycles. The molecule has 2 aromatic rings. The molecule has 0 bridgehead atoms. The van der Waals surface area contributed by atoms with Gasteiger partial charge in [-0.3, -0.25) is 9.78 Å². The largest absolute Gasteiger partial charge is 0.393 e. The van der Waals surface area contributed by atoms with E-state index in [1.807, 2.05) is 0 Å². The fraction of sp³-hybridized carbons (Fsp3) is 0.429. The molecular formula is C14H14F3N5O2. The highest BCUT2D eigenvalue weighted by atomic mass is 19.4. The van der Waals surface area contributed by atoms with Gasteiger partial charge < -0.3 is 9.88 Å². The lowest BCUT2D eigenvalue weighted by Gasteiger charge is -2.21. The third-order valence-electron chi connectivity index (χ3n) is 4.04. The van der Waals surface area contributed by atoms with Crippen LogP contribution in [0.3, 0.4) is 0 Å². The molecule has 0 amide bonds. The molecule has 1 fully saturated rings. The summed E-state index contributed by atoms with van der Waals surface area (Å²) in [5.41, 5.74) is -0.0488. The number of rotatable bonds is 2. The Morgan fingerprint density at radius 1 is 1.29 bits per heavy atom. The lowest BCUT2D eigenvalue weighted by molar-refractivity contribution is -0.168. The van der Waals surface area contributed by atoms with E-state index in [0.717, 1.165) is 0 Å². The average Bonchev–Trinajstić information content (AvgIpc) is 2.98. The van der Waals surface area contributed by atoms with Crippen molar-refractivity contribution >= 4 is 5.69 Å². The van der Waals surface area contributed by atoms with Crippen LogP contribution in [0.4, 0.5) is 18.9 Å². The van der Waals surface area contributed by atoms with Crippen molar-refractivity contribution in [2.45, 2.75) is 19.5 Å². The lowest BCUT2D eigenvalue weighted by Crippen LogP contribution is -2.28. The van der Waals surface area contributed by atoms with E-state index in [1.165, 1.54) is 12.3 Å². The Morgan fingerprint density at radius 2 is 2.04 bits per heavy atom. The number of aryl methyl sites for hydroxylation is 1. The summed E-state index contributed by atoms with van der Waals surface area (Å²) >= 11 is 0. The van der Waals surface area contributed by atoms with Crippen LogP contribution in [0.25, 0.3) is 11.3 Å².